The van der Waals surface area contributed by atoms with Crippen molar-refractivity contribution in [3.8, 4) is 0 Å². The number of sulfonamides is 1. The fourth-order valence-corrected chi connectivity index (χ4v) is 5.44. The Kier molecular flexibility index (Phi) is 3.88. The van der Waals surface area contributed by atoms with Crippen molar-refractivity contribution in [3.63, 3.8) is 0 Å². The maximum atomic E-state index is 12.9. The average Bonchev–Trinajstić information content (AvgIpc) is 3.05. The lowest BCUT2D eigenvalue weighted by molar-refractivity contribution is -0.149. The molecule has 0 aromatic heterocycles. The Morgan fingerprint density at radius 2 is 2.13 bits per heavy atom. The Balaban J connectivity index is 1.93. The molecule has 7 heteroatoms. The first-order chi connectivity index (χ1) is 10.8. The first kappa shape index (κ1) is 16.3. The van der Waals surface area contributed by atoms with Gasteiger partial charge in [0.1, 0.15) is 0 Å². The molecular formula is C16H22N2O4S. The lowest BCUT2D eigenvalue weighted by Crippen LogP contribution is -2.37. The van der Waals surface area contributed by atoms with Crippen molar-refractivity contribution in [2.45, 2.75) is 24.2 Å². The molecule has 0 unspecified atom stereocenters. The average molecular weight is 338 g/mol. The van der Waals surface area contributed by atoms with Gasteiger partial charge in [-0.2, -0.15) is 4.31 Å². The molecule has 2 fully saturated rings. The van der Waals surface area contributed by atoms with Crippen LogP contribution in [0.4, 0.5) is 5.69 Å². The van der Waals surface area contributed by atoms with Gasteiger partial charge < -0.3 is 10.0 Å². The molecular weight excluding hydrogens is 316 g/mol. The van der Waals surface area contributed by atoms with Gasteiger partial charge in [-0.1, -0.05) is 12.5 Å². The van der Waals surface area contributed by atoms with Gasteiger partial charge in [-0.3, -0.25) is 4.79 Å². The Hall–Kier alpha value is -1.60. The zero-order valence-corrected chi connectivity index (χ0v) is 14.2. The summed E-state index contributed by atoms with van der Waals surface area (Å²) < 4.78 is 27.2. The normalized spacial score (nSPS) is 27.8. The van der Waals surface area contributed by atoms with Crippen molar-refractivity contribution in [2.24, 2.45) is 11.3 Å². The Morgan fingerprint density at radius 3 is 2.74 bits per heavy atom. The molecule has 23 heavy (non-hydrogen) atoms. The molecule has 0 amide bonds. The molecule has 1 heterocycles. The second-order valence-corrected chi connectivity index (χ2v) is 8.68. The van der Waals surface area contributed by atoms with Crippen LogP contribution in [0.3, 0.4) is 0 Å². The summed E-state index contributed by atoms with van der Waals surface area (Å²) in [6, 6.07) is 6.77. The van der Waals surface area contributed by atoms with Gasteiger partial charge in [-0.05, 0) is 37.0 Å². The van der Waals surface area contributed by atoms with E-state index in [4.69, 9.17) is 0 Å². The molecule has 0 radical (unpaired) electrons. The summed E-state index contributed by atoms with van der Waals surface area (Å²) in [5.74, 6) is -0.938. The zero-order chi connectivity index (χ0) is 16.8. The molecule has 2 aliphatic rings. The zero-order valence-electron chi connectivity index (χ0n) is 13.4. The van der Waals surface area contributed by atoms with Gasteiger partial charge in [0.2, 0.25) is 10.0 Å². The van der Waals surface area contributed by atoms with Crippen LogP contribution in [0.1, 0.15) is 19.3 Å². The van der Waals surface area contributed by atoms with E-state index in [0.29, 0.717) is 13.0 Å². The second kappa shape index (κ2) is 5.49. The number of fused-ring (bicyclic) bond motifs is 1. The van der Waals surface area contributed by atoms with E-state index < -0.39 is 21.4 Å². The minimum absolute atomic E-state index is 0.0770. The number of hydrogen-bond acceptors (Lipinski definition) is 4. The summed E-state index contributed by atoms with van der Waals surface area (Å²) in [5, 5.41) is 9.62. The molecule has 1 saturated heterocycles. The molecule has 0 spiro atoms. The van der Waals surface area contributed by atoms with Crippen molar-refractivity contribution in [1.82, 2.24) is 4.31 Å². The van der Waals surface area contributed by atoms with Crippen LogP contribution < -0.4 is 4.90 Å². The molecule has 6 nitrogen and oxygen atoms in total. The number of rotatable bonds is 4. The molecule has 1 N–H and O–H groups in total. The van der Waals surface area contributed by atoms with Crippen LogP contribution in [0.5, 0.6) is 0 Å². The molecule has 1 aromatic carbocycles. The SMILES string of the molecule is CN(C)c1cccc(S(=O)(=O)N2C[C@@H]3CCC[C@@]3(C(=O)O)C2)c1. The van der Waals surface area contributed by atoms with Gasteiger partial charge in [0, 0.05) is 32.9 Å². The van der Waals surface area contributed by atoms with E-state index in [-0.39, 0.29) is 17.4 Å². The largest absolute Gasteiger partial charge is 0.481 e. The minimum atomic E-state index is -3.67. The molecule has 1 aliphatic heterocycles. The Bertz CT molecular complexity index is 731. The van der Waals surface area contributed by atoms with E-state index in [1.165, 1.54) is 4.31 Å². The van der Waals surface area contributed by atoms with Gasteiger partial charge in [0.25, 0.3) is 0 Å². The highest BCUT2D eigenvalue weighted by Crippen LogP contribution is 2.50. The lowest BCUT2D eigenvalue weighted by Gasteiger charge is -2.23. The second-order valence-electron chi connectivity index (χ2n) is 6.74. The summed E-state index contributed by atoms with van der Waals surface area (Å²) in [6.45, 7) is 0.391. The summed E-state index contributed by atoms with van der Waals surface area (Å²) in [4.78, 5) is 13.8. The summed E-state index contributed by atoms with van der Waals surface area (Å²) >= 11 is 0. The maximum Gasteiger partial charge on any atom is 0.311 e. The summed E-state index contributed by atoms with van der Waals surface area (Å²) in [7, 11) is 0.0401. The van der Waals surface area contributed by atoms with Gasteiger partial charge in [-0.15, -0.1) is 0 Å². The van der Waals surface area contributed by atoms with Crippen LogP contribution in [-0.4, -0.2) is 51.0 Å². The number of nitrogens with zero attached hydrogens (tertiary/aromatic N) is 2. The highest BCUT2D eigenvalue weighted by molar-refractivity contribution is 7.89. The van der Waals surface area contributed by atoms with Crippen molar-refractivity contribution in [3.05, 3.63) is 24.3 Å². The van der Waals surface area contributed by atoms with E-state index in [0.717, 1.165) is 18.5 Å². The van der Waals surface area contributed by atoms with Crippen molar-refractivity contribution >= 4 is 21.7 Å². The Labute approximate surface area is 136 Å². The van der Waals surface area contributed by atoms with Crippen molar-refractivity contribution in [1.29, 1.82) is 0 Å². The lowest BCUT2D eigenvalue weighted by atomic mass is 9.81. The Morgan fingerprint density at radius 1 is 1.39 bits per heavy atom. The predicted octanol–water partition coefficient (Wildman–Crippen LogP) is 1.63. The van der Waals surface area contributed by atoms with E-state index in [1.807, 2.05) is 25.1 Å². The topological polar surface area (TPSA) is 77.9 Å². The predicted molar refractivity (Wildman–Crippen MR) is 86.9 cm³/mol. The number of carboxylic acid groups (broad SMARTS) is 1. The fourth-order valence-electron chi connectivity index (χ4n) is 3.85. The number of anilines is 1. The summed E-state index contributed by atoms with van der Waals surface area (Å²) in [6.07, 6.45) is 2.22. The van der Waals surface area contributed by atoms with Crippen molar-refractivity contribution < 1.29 is 18.3 Å². The molecule has 1 aliphatic carbocycles. The van der Waals surface area contributed by atoms with Crippen LogP contribution in [0.2, 0.25) is 0 Å². The maximum absolute atomic E-state index is 12.9. The van der Waals surface area contributed by atoms with Crippen LogP contribution >= 0.6 is 0 Å². The van der Waals surface area contributed by atoms with E-state index in [2.05, 4.69) is 0 Å². The minimum Gasteiger partial charge on any atom is -0.481 e. The third-order valence-electron chi connectivity index (χ3n) is 5.24. The fraction of sp³-hybridized carbons (Fsp3) is 0.562. The number of carboxylic acids is 1. The summed E-state index contributed by atoms with van der Waals surface area (Å²) in [5.41, 5.74) is -0.0925. The first-order valence-electron chi connectivity index (χ1n) is 7.78. The van der Waals surface area contributed by atoms with E-state index >= 15 is 0 Å². The van der Waals surface area contributed by atoms with Gasteiger partial charge >= 0.3 is 5.97 Å². The molecule has 1 aromatic rings. The molecule has 126 valence electrons. The number of benzene rings is 1. The third kappa shape index (κ3) is 2.52. The quantitative estimate of drug-likeness (QED) is 0.903. The molecule has 0 bridgehead atoms. The molecule has 1 saturated carbocycles. The van der Waals surface area contributed by atoms with Crippen LogP contribution in [0.25, 0.3) is 0 Å². The first-order valence-corrected chi connectivity index (χ1v) is 9.22. The van der Waals surface area contributed by atoms with Crippen LogP contribution in [0.15, 0.2) is 29.2 Å². The highest BCUT2D eigenvalue weighted by Gasteiger charge is 2.57. The van der Waals surface area contributed by atoms with Gasteiger partial charge in [0.15, 0.2) is 0 Å². The van der Waals surface area contributed by atoms with Crippen LogP contribution in [-0.2, 0) is 14.8 Å². The smallest absolute Gasteiger partial charge is 0.311 e. The van der Waals surface area contributed by atoms with Crippen molar-refractivity contribution in [2.75, 3.05) is 32.1 Å². The number of hydrogen-bond donors (Lipinski definition) is 1. The number of aliphatic carboxylic acids is 1. The van der Waals surface area contributed by atoms with Crippen LogP contribution in [0, 0.1) is 11.3 Å². The van der Waals surface area contributed by atoms with Gasteiger partial charge in [0.05, 0.1) is 10.3 Å². The monoisotopic (exact) mass is 338 g/mol. The standard InChI is InChI=1S/C16H22N2O4S/c1-17(2)13-6-3-7-14(9-13)23(21,22)18-10-12-5-4-8-16(12,11-18)15(19)20/h3,6-7,9,12H,4-5,8,10-11H2,1-2H3,(H,19,20)/t12-,16+/m0/s1. The third-order valence-corrected chi connectivity index (χ3v) is 7.04. The molecule has 2 atom stereocenters. The van der Waals surface area contributed by atoms with E-state index in [9.17, 15) is 18.3 Å². The van der Waals surface area contributed by atoms with E-state index in [1.54, 1.807) is 18.2 Å². The highest BCUT2D eigenvalue weighted by atomic mass is 32.2. The number of carbonyl (C=O) groups is 1. The molecule has 3 rings (SSSR count). The van der Waals surface area contributed by atoms with Gasteiger partial charge in [-0.25, -0.2) is 8.42 Å².